The van der Waals surface area contributed by atoms with Crippen molar-refractivity contribution in [2.75, 3.05) is 12.4 Å². The van der Waals surface area contributed by atoms with E-state index in [2.05, 4.69) is 10.6 Å². The molecule has 6 nitrogen and oxygen atoms in total. The zero-order valence-corrected chi connectivity index (χ0v) is 16.0. The van der Waals surface area contributed by atoms with Crippen LogP contribution in [0.15, 0.2) is 59.0 Å². The van der Waals surface area contributed by atoms with Gasteiger partial charge < -0.3 is 19.8 Å². The number of aryl methyl sites for hydroxylation is 2. The van der Waals surface area contributed by atoms with E-state index < -0.39 is 0 Å². The SMILES string of the molecule is CNC(=O)c1ccc(NC(=O)c2ccc(COc3ccc(C)cc3C)o2)cc1. The highest BCUT2D eigenvalue weighted by Crippen LogP contribution is 2.21. The van der Waals surface area contributed by atoms with Crippen molar-refractivity contribution in [1.29, 1.82) is 0 Å². The average Bonchev–Trinajstić information content (AvgIpc) is 3.16. The molecule has 3 rings (SSSR count). The summed E-state index contributed by atoms with van der Waals surface area (Å²) in [5.74, 6) is 0.974. The molecule has 0 bridgehead atoms. The fraction of sp³-hybridized carbons (Fsp3) is 0.182. The molecule has 0 aliphatic carbocycles. The van der Waals surface area contributed by atoms with Crippen molar-refractivity contribution >= 4 is 17.5 Å². The largest absolute Gasteiger partial charge is 0.485 e. The fourth-order valence-corrected chi connectivity index (χ4v) is 2.73. The summed E-state index contributed by atoms with van der Waals surface area (Å²) in [6.45, 7) is 4.25. The van der Waals surface area contributed by atoms with E-state index >= 15 is 0 Å². The van der Waals surface area contributed by atoms with Crippen molar-refractivity contribution < 1.29 is 18.7 Å². The first-order chi connectivity index (χ1) is 13.5. The lowest BCUT2D eigenvalue weighted by Crippen LogP contribution is -2.17. The van der Waals surface area contributed by atoms with Crippen LogP contribution in [0, 0.1) is 13.8 Å². The number of rotatable bonds is 6. The minimum absolute atomic E-state index is 0.183. The summed E-state index contributed by atoms with van der Waals surface area (Å²) < 4.78 is 11.4. The van der Waals surface area contributed by atoms with E-state index in [0.29, 0.717) is 17.0 Å². The first kappa shape index (κ1) is 19.2. The zero-order chi connectivity index (χ0) is 20.1. The van der Waals surface area contributed by atoms with Gasteiger partial charge in [-0.25, -0.2) is 0 Å². The Hall–Kier alpha value is -3.54. The Morgan fingerprint density at radius 1 is 0.964 bits per heavy atom. The van der Waals surface area contributed by atoms with Crippen molar-refractivity contribution in [2.24, 2.45) is 0 Å². The Kier molecular flexibility index (Phi) is 5.79. The van der Waals surface area contributed by atoms with Crippen molar-refractivity contribution in [2.45, 2.75) is 20.5 Å². The third kappa shape index (κ3) is 4.59. The van der Waals surface area contributed by atoms with Gasteiger partial charge in [0.25, 0.3) is 11.8 Å². The second-order valence-corrected chi connectivity index (χ2v) is 6.43. The topological polar surface area (TPSA) is 80.6 Å². The Labute approximate surface area is 163 Å². The van der Waals surface area contributed by atoms with E-state index in [1.54, 1.807) is 43.4 Å². The van der Waals surface area contributed by atoms with Crippen LogP contribution < -0.4 is 15.4 Å². The highest BCUT2D eigenvalue weighted by atomic mass is 16.5. The molecule has 1 aromatic heterocycles. The van der Waals surface area contributed by atoms with Crippen LogP contribution in [0.1, 0.15) is 37.8 Å². The van der Waals surface area contributed by atoms with Gasteiger partial charge in [0.1, 0.15) is 18.1 Å². The molecule has 6 heteroatoms. The number of furan rings is 1. The number of ether oxygens (including phenoxy) is 1. The highest BCUT2D eigenvalue weighted by molar-refractivity contribution is 6.02. The maximum absolute atomic E-state index is 12.3. The van der Waals surface area contributed by atoms with Gasteiger partial charge in [0.2, 0.25) is 0 Å². The summed E-state index contributed by atoms with van der Waals surface area (Å²) in [4.78, 5) is 23.9. The van der Waals surface area contributed by atoms with E-state index in [9.17, 15) is 9.59 Å². The molecule has 28 heavy (non-hydrogen) atoms. The Morgan fingerprint density at radius 2 is 1.71 bits per heavy atom. The maximum atomic E-state index is 12.3. The summed E-state index contributed by atoms with van der Waals surface area (Å²) in [7, 11) is 1.57. The van der Waals surface area contributed by atoms with Crippen LogP contribution in [-0.4, -0.2) is 18.9 Å². The van der Waals surface area contributed by atoms with Crippen LogP contribution >= 0.6 is 0 Å². The lowest BCUT2D eigenvalue weighted by Gasteiger charge is -2.08. The van der Waals surface area contributed by atoms with Crippen molar-refractivity contribution in [3.05, 3.63) is 82.8 Å². The summed E-state index contributed by atoms with van der Waals surface area (Å²) in [5.41, 5.74) is 3.31. The predicted octanol–water partition coefficient (Wildman–Crippen LogP) is 4.09. The van der Waals surface area contributed by atoms with Gasteiger partial charge in [-0.1, -0.05) is 17.7 Å². The fourth-order valence-electron chi connectivity index (χ4n) is 2.73. The van der Waals surface area contributed by atoms with Crippen LogP contribution in [0.2, 0.25) is 0 Å². The molecule has 1 heterocycles. The smallest absolute Gasteiger partial charge is 0.291 e. The lowest BCUT2D eigenvalue weighted by atomic mass is 10.1. The number of amides is 2. The molecule has 0 spiro atoms. The minimum Gasteiger partial charge on any atom is -0.485 e. The number of carbonyl (C=O) groups is 2. The molecule has 0 saturated heterocycles. The molecule has 3 aromatic rings. The molecular formula is C22H22N2O4. The quantitative estimate of drug-likeness (QED) is 0.677. The molecule has 0 aliphatic heterocycles. The number of hydrogen-bond acceptors (Lipinski definition) is 4. The Morgan fingerprint density at radius 3 is 2.39 bits per heavy atom. The number of carbonyl (C=O) groups excluding carboxylic acids is 2. The minimum atomic E-state index is -0.370. The number of benzene rings is 2. The maximum Gasteiger partial charge on any atom is 0.291 e. The molecule has 144 valence electrons. The second kappa shape index (κ2) is 8.43. The Balaban J connectivity index is 1.60. The van der Waals surface area contributed by atoms with Crippen LogP contribution in [-0.2, 0) is 6.61 Å². The van der Waals surface area contributed by atoms with E-state index in [0.717, 1.165) is 11.3 Å². The predicted molar refractivity (Wildman–Crippen MR) is 107 cm³/mol. The lowest BCUT2D eigenvalue weighted by molar-refractivity contribution is 0.0961. The average molecular weight is 378 g/mol. The molecule has 0 unspecified atom stereocenters. The first-order valence-electron chi connectivity index (χ1n) is 8.88. The molecule has 0 radical (unpaired) electrons. The van der Waals surface area contributed by atoms with Gasteiger partial charge in [0.15, 0.2) is 5.76 Å². The van der Waals surface area contributed by atoms with Crippen LogP contribution in [0.5, 0.6) is 5.75 Å². The third-order valence-corrected chi connectivity index (χ3v) is 4.22. The van der Waals surface area contributed by atoms with E-state index in [4.69, 9.17) is 9.15 Å². The number of anilines is 1. The molecule has 2 N–H and O–H groups in total. The summed E-state index contributed by atoms with van der Waals surface area (Å²) in [6, 6.07) is 15.9. The molecule has 0 fully saturated rings. The third-order valence-electron chi connectivity index (χ3n) is 4.22. The second-order valence-electron chi connectivity index (χ2n) is 6.43. The number of nitrogens with one attached hydrogen (secondary N) is 2. The van der Waals surface area contributed by atoms with Crippen molar-refractivity contribution in [3.63, 3.8) is 0 Å². The zero-order valence-electron chi connectivity index (χ0n) is 16.0. The normalized spacial score (nSPS) is 10.4. The van der Waals surface area contributed by atoms with Crippen molar-refractivity contribution in [3.8, 4) is 5.75 Å². The van der Waals surface area contributed by atoms with Crippen LogP contribution in [0.3, 0.4) is 0 Å². The van der Waals surface area contributed by atoms with Crippen LogP contribution in [0.25, 0.3) is 0 Å². The summed E-state index contributed by atoms with van der Waals surface area (Å²) in [5, 5.41) is 5.29. The van der Waals surface area contributed by atoms with Crippen molar-refractivity contribution in [1.82, 2.24) is 5.32 Å². The van der Waals surface area contributed by atoms with Gasteiger partial charge in [-0.05, 0) is 61.9 Å². The highest BCUT2D eigenvalue weighted by Gasteiger charge is 2.13. The molecule has 0 atom stereocenters. The first-order valence-corrected chi connectivity index (χ1v) is 8.88. The standard InChI is InChI=1S/C22H22N2O4/c1-14-4-10-19(15(2)12-14)27-13-18-9-11-20(28-18)22(26)24-17-7-5-16(6-8-17)21(25)23-3/h4-12H,13H2,1-3H3,(H,23,25)(H,24,26). The number of hydrogen-bond donors (Lipinski definition) is 2. The van der Waals surface area contributed by atoms with Gasteiger partial charge in [-0.3, -0.25) is 9.59 Å². The van der Waals surface area contributed by atoms with Gasteiger partial charge in [-0.15, -0.1) is 0 Å². The molecule has 0 aliphatic rings. The molecule has 0 saturated carbocycles. The summed E-state index contributed by atoms with van der Waals surface area (Å²) >= 11 is 0. The van der Waals surface area contributed by atoms with Gasteiger partial charge >= 0.3 is 0 Å². The van der Waals surface area contributed by atoms with Gasteiger partial charge in [0.05, 0.1) is 0 Å². The molecular weight excluding hydrogens is 356 g/mol. The van der Waals surface area contributed by atoms with Gasteiger partial charge in [0, 0.05) is 18.3 Å². The van der Waals surface area contributed by atoms with Gasteiger partial charge in [-0.2, -0.15) is 0 Å². The monoisotopic (exact) mass is 378 g/mol. The molecule has 2 aromatic carbocycles. The van der Waals surface area contributed by atoms with E-state index in [-0.39, 0.29) is 24.2 Å². The van der Waals surface area contributed by atoms with Crippen LogP contribution in [0.4, 0.5) is 5.69 Å². The van der Waals surface area contributed by atoms with E-state index in [1.807, 2.05) is 32.0 Å². The summed E-state index contributed by atoms with van der Waals surface area (Å²) in [6.07, 6.45) is 0. The molecule has 2 amide bonds. The van der Waals surface area contributed by atoms with E-state index in [1.165, 1.54) is 5.56 Å². The Bertz CT molecular complexity index is 990.